The van der Waals surface area contributed by atoms with Crippen molar-refractivity contribution in [3.8, 4) is 6.07 Å². The summed E-state index contributed by atoms with van der Waals surface area (Å²) in [5.74, 6) is -0.563. The number of nitrogens with zero attached hydrogens (tertiary/aromatic N) is 1. The van der Waals surface area contributed by atoms with Gasteiger partial charge in [-0.05, 0) is 18.6 Å². The second-order valence-electron chi connectivity index (χ2n) is 3.55. The van der Waals surface area contributed by atoms with Gasteiger partial charge in [0.25, 0.3) is 0 Å². The number of Topliss-reactive ketones (excluding diaryl/α,β-unsaturated/α-hetero) is 1. The second kappa shape index (κ2) is 5.57. The van der Waals surface area contributed by atoms with E-state index in [0.29, 0.717) is 11.1 Å². The van der Waals surface area contributed by atoms with Crippen LogP contribution in [-0.2, 0) is 20.6 Å². The van der Waals surface area contributed by atoms with Crippen LogP contribution in [0.2, 0.25) is 0 Å². The lowest BCUT2D eigenvalue weighted by Gasteiger charge is -2.06. The molecule has 0 spiro atoms. The molecule has 0 aliphatic rings. The minimum Gasteiger partial charge on any atom is -0.299 e. The zero-order valence-corrected chi connectivity index (χ0v) is 10.1. The van der Waals surface area contributed by atoms with Gasteiger partial charge in [0.15, 0.2) is 0 Å². The summed E-state index contributed by atoms with van der Waals surface area (Å²) in [5.41, 5.74) is 0.742. The van der Waals surface area contributed by atoms with Crippen LogP contribution < -0.4 is 4.72 Å². The van der Waals surface area contributed by atoms with E-state index in [1.165, 1.54) is 6.92 Å². The van der Waals surface area contributed by atoms with Crippen LogP contribution in [0.25, 0.3) is 0 Å². The number of sulfonamides is 1. The van der Waals surface area contributed by atoms with Crippen molar-refractivity contribution in [3.05, 3.63) is 35.4 Å². The van der Waals surface area contributed by atoms with E-state index in [2.05, 4.69) is 4.72 Å². The van der Waals surface area contributed by atoms with Gasteiger partial charge < -0.3 is 0 Å². The topological polar surface area (TPSA) is 87.0 Å². The van der Waals surface area contributed by atoms with Crippen molar-refractivity contribution in [1.82, 2.24) is 4.72 Å². The quantitative estimate of drug-likeness (QED) is 0.829. The lowest BCUT2D eigenvalue weighted by Crippen LogP contribution is -2.29. The van der Waals surface area contributed by atoms with Crippen molar-refractivity contribution >= 4 is 15.8 Å². The average Bonchev–Trinajstić information content (AvgIpc) is 2.27. The molecule has 0 bridgehead atoms. The summed E-state index contributed by atoms with van der Waals surface area (Å²) in [6.07, 6.45) is 0. The highest BCUT2D eigenvalue weighted by Crippen LogP contribution is 2.10. The van der Waals surface area contributed by atoms with Gasteiger partial charge in [0.05, 0.1) is 23.9 Å². The van der Waals surface area contributed by atoms with Crippen LogP contribution in [0.15, 0.2) is 24.3 Å². The van der Waals surface area contributed by atoms with Crippen LogP contribution in [-0.4, -0.2) is 20.7 Å². The molecule has 1 rings (SSSR count). The Morgan fingerprint density at radius 2 is 2.06 bits per heavy atom. The highest BCUT2D eigenvalue weighted by Gasteiger charge is 2.14. The molecule has 0 atom stereocenters. The molecule has 0 saturated carbocycles. The first kappa shape index (κ1) is 13.4. The van der Waals surface area contributed by atoms with Gasteiger partial charge in [-0.1, -0.05) is 18.2 Å². The first-order chi connectivity index (χ1) is 7.94. The SMILES string of the molecule is CC(=O)CNS(=O)(=O)Cc1ccccc1C#N. The number of hydrogen-bond acceptors (Lipinski definition) is 4. The molecule has 0 heterocycles. The summed E-state index contributed by atoms with van der Waals surface area (Å²) in [7, 11) is -3.58. The van der Waals surface area contributed by atoms with Crippen molar-refractivity contribution in [2.24, 2.45) is 0 Å². The average molecular weight is 252 g/mol. The molecule has 0 amide bonds. The molecule has 0 radical (unpaired) electrons. The van der Waals surface area contributed by atoms with E-state index < -0.39 is 10.0 Å². The summed E-state index contributed by atoms with van der Waals surface area (Å²) in [6, 6.07) is 8.38. The largest absolute Gasteiger partial charge is 0.299 e. The number of carbonyl (C=O) groups excluding carboxylic acids is 1. The van der Waals surface area contributed by atoms with Crippen molar-refractivity contribution in [2.75, 3.05) is 6.54 Å². The van der Waals surface area contributed by atoms with E-state index in [0.717, 1.165) is 0 Å². The monoisotopic (exact) mass is 252 g/mol. The third-order valence-electron chi connectivity index (χ3n) is 2.02. The van der Waals surface area contributed by atoms with Crippen molar-refractivity contribution in [1.29, 1.82) is 5.26 Å². The van der Waals surface area contributed by atoms with Gasteiger partial charge >= 0.3 is 0 Å². The molecule has 0 aromatic heterocycles. The van der Waals surface area contributed by atoms with Gasteiger partial charge in [-0.25, -0.2) is 13.1 Å². The van der Waals surface area contributed by atoms with Crippen LogP contribution in [0, 0.1) is 11.3 Å². The summed E-state index contributed by atoms with van der Waals surface area (Å²) in [6.45, 7) is 1.07. The molecule has 17 heavy (non-hydrogen) atoms. The summed E-state index contributed by atoms with van der Waals surface area (Å²) in [4.78, 5) is 10.7. The molecule has 0 aliphatic heterocycles. The van der Waals surface area contributed by atoms with Crippen molar-refractivity contribution in [2.45, 2.75) is 12.7 Å². The first-order valence-electron chi connectivity index (χ1n) is 4.89. The lowest BCUT2D eigenvalue weighted by atomic mass is 10.1. The van der Waals surface area contributed by atoms with E-state index in [-0.39, 0.29) is 18.1 Å². The Morgan fingerprint density at radius 3 is 2.65 bits per heavy atom. The molecule has 1 N–H and O–H groups in total. The zero-order valence-electron chi connectivity index (χ0n) is 9.30. The van der Waals surface area contributed by atoms with Crippen molar-refractivity contribution < 1.29 is 13.2 Å². The molecule has 1 aromatic rings. The van der Waals surface area contributed by atoms with Crippen LogP contribution in [0.4, 0.5) is 0 Å². The molecule has 5 nitrogen and oxygen atoms in total. The number of hydrogen-bond donors (Lipinski definition) is 1. The molecule has 0 aliphatic carbocycles. The molecule has 0 fully saturated rings. The van der Waals surface area contributed by atoms with Gasteiger partial charge in [-0.15, -0.1) is 0 Å². The Morgan fingerprint density at radius 1 is 1.41 bits per heavy atom. The molecule has 1 aromatic carbocycles. The minimum absolute atomic E-state index is 0.225. The maximum atomic E-state index is 11.6. The van der Waals surface area contributed by atoms with E-state index in [9.17, 15) is 13.2 Å². The molecule has 0 unspecified atom stereocenters. The van der Waals surface area contributed by atoms with E-state index in [4.69, 9.17) is 5.26 Å². The maximum Gasteiger partial charge on any atom is 0.216 e. The number of nitriles is 1. The van der Waals surface area contributed by atoms with E-state index in [1.807, 2.05) is 6.07 Å². The van der Waals surface area contributed by atoms with Crippen LogP contribution in [0.3, 0.4) is 0 Å². The second-order valence-corrected chi connectivity index (χ2v) is 5.36. The Hall–Kier alpha value is -1.71. The van der Waals surface area contributed by atoms with Gasteiger partial charge in [-0.2, -0.15) is 5.26 Å². The standard InChI is InChI=1S/C11H12N2O3S/c1-9(14)7-13-17(15,16)8-11-5-3-2-4-10(11)6-12/h2-5,13H,7-8H2,1H3. The zero-order chi connectivity index (χ0) is 12.9. The number of ketones is 1. The lowest BCUT2D eigenvalue weighted by molar-refractivity contribution is -0.115. The molecular formula is C11H12N2O3S. The smallest absolute Gasteiger partial charge is 0.216 e. The highest BCUT2D eigenvalue weighted by molar-refractivity contribution is 7.88. The number of benzene rings is 1. The fourth-order valence-corrected chi connectivity index (χ4v) is 2.41. The molecule has 6 heteroatoms. The van der Waals surface area contributed by atoms with Crippen molar-refractivity contribution in [3.63, 3.8) is 0 Å². The fourth-order valence-electron chi connectivity index (χ4n) is 1.22. The Bertz CT molecular complexity index is 558. The van der Waals surface area contributed by atoms with E-state index >= 15 is 0 Å². The fraction of sp³-hybridized carbons (Fsp3) is 0.273. The molecule has 0 saturated heterocycles. The Balaban J connectivity index is 2.84. The molecule has 90 valence electrons. The minimum atomic E-state index is -3.58. The first-order valence-corrected chi connectivity index (χ1v) is 6.54. The van der Waals surface area contributed by atoms with E-state index in [1.54, 1.807) is 24.3 Å². The normalized spacial score (nSPS) is 10.8. The number of nitrogens with one attached hydrogen (secondary N) is 1. The predicted molar refractivity (Wildman–Crippen MR) is 62.5 cm³/mol. The summed E-state index contributed by atoms with van der Waals surface area (Å²) < 4.78 is 25.4. The van der Waals surface area contributed by atoms with Gasteiger partial charge in [0, 0.05) is 0 Å². The molecular weight excluding hydrogens is 240 g/mol. The third kappa shape index (κ3) is 4.34. The maximum absolute atomic E-state index is 11.6. The van der Waals surface area contributed by atoms with Gasteiger partial charge in [0.1, 0.15) is 5.78 Å². The number of rotatable bonds is 5. The number of carbonyl (C=O) groups is 1. The van der Waals surface area contributed by atoms with Crippen LogP contribution in [0.1, 0.15) is 18.1 Å². The van der Waals surface area contributed by atoms with Gasteiger partial charge in [0.2, 0.25) is 10.0 Å². The highest BCUT2D eigenvalue weighted by atomic mass is 32.2. The van der Waals surface area contributed by atoms with Crippen LogP contribution >= 0.6 is 0 Å². The predicted octanol–water partition coefficient (Wildman–Crippen LogP) is 0.567. The summed E-state index contributed by atoms with van der Waals surface area (Å²) in [5, 5.41) is 8.81. The Labute approximate surface area is 100 Å². The Kier molecular flexibility index (Phi) is 4.37. The van der Waals surface area contributed by atoms with Crippen LogP contribution in [0.5, 0.6) is 0 Å². The van der Waals surface area contributed by atoms with Gasteiger partial charge in [-0.3, -0.25) is 4.79 Å². The summed E-state index contributed by atoms with van der Waals surface area (Å²) >= 11 is 0. The third-order valence-corrected chi connectivity index (χ3v) is 3.30.